The second kappa shape index (κ2) is 6.57. The Hall–Kier alpha value is -2.26. The van der Waals surface area contributed by atoms with Gasteiger partial charge in [-0.15, -0.1) is 0 Å². The summed E-state index contributed by atoms with van der Waals surface area (Å²) in [4.78, 5) is 0. The van der Waals surface area contributed by atoms with Crippen LogP contribution in [-0.2, 0) is 4.74 Å². The van der Waals surface area contributed by atoms with E-state index in [9.17, 15) is 5.11 Å². The van der Waals surface area contributed by atoms with Crippen LogP contribution in [0.2, 0.25) is 0 Å². The topological polar surface area (TPSA) is 38.7 Å². The molecule has 1 fully saturated rings. The smallest absolute Gasteiger partial charge is 0.124 e. The van der Waals surface area contributed by atoms with Crippen LogP contribution in [0.15, 0.2) is 30.3 Å². The van der Waals surface area contributed by atoms with E-state index in [2.05, 4.69) is 32.0 Å². The number of fused-ring (bicyclic) bond motifs is 1. The van der Waals surface area contributed by atoms with Gasteiger partial charge in [-0.1, -0.05) is 18.2 Å². The number of rotatable bonds is 4. The quantitative estimate of drug-likeness (QED) is 0.839. The van der Waals surface area contributed by atoms with Gasteiger partial charge in [-0.05, 0) is 78.6 Å². The molecular weight excluding hydrogens is 312 g/mol. The summed E-state index contributed by atoms with van der Waals surface area (Å²) in [5, 5.41) is 10.0. The zero-order valence-corrected chi connectivity index (χ0v) is 14.8. The summed E-state index contributed by atoms with van der Waals surface area (Å²) in [5.74, 6) is 1.90. The maximum absolute atomic E-state index is 10.0. The fourth-order valence-corrected chi connectivity index (χ4v) is 3.89. The summed E-state index contributed by atoms with van der Waals surface area (Å²) in [6.07, 6.45) is 3.98. The lowest BCUT2D eigenvalue weighted by Gasteiger charge is -2.24. The van der Waals surface area contributed by atoms with Crippen molar-refractivity contribution in [1.29, 1.82) is 0 Å². The molecule has 0 radical (unpaired) electrons. The van der Waals surface area contributed by atoms with Crippen LogP contribution in [0.4, 0.5) is 0 Å². The zero-order valence-electron chi connectivity index (χ0n) is 14.8. The maximum atomic E-state index is 10.0. The van der Waals surface area contributed by atoms with Crippen LogP contribution in [-0.4, -0.2) is 24.9 Å². The maximum Gasteiger partial charge on any atom is 0.124 e. The highest BCUT2D eigenvalue weighted by atomic mass is 16.5. The fraction of sp³-hybridized carbons (Fsp3) is 0.364. The first-order valence-electron chi connectivity index (χ1n) is 8.99. The Balaban J connectivity index is 1.58. The first-order valence-corrected chi connectivity index (χ1v) is 8.99. The third-order valence-corrected chi connectivity index (χ3v) is 5.25. The van der Waals surface area contributed by atoms with Gasteiger partial charge in [0.15, 0.2) is 0 Å². The number of ether oxygens (including phenoxy) is 2. The number of hydrogen-bond donors (Lipinski definition) is 1. The molecule has 0 atom stereocenters. The first-order chi connectivity index (χ1) is 12.1. The van der Waals surface area contributed by atoms with E-state index in [1.165, 1.54) is 16.7 Å². The largest absolute Gasteiger partial charge is 0.507 e. The van der Waals surface area contributed by atoms with E-state index >= 15 is 0 Å². The van der Waals surface area contributed by atoms with Gasteiger partial charge in [0.1, 0.15) is 11.5 Å². The van der Waals surface area contributed by atoms with E-state index in [1.54, 1.807) is 0 Å². The molecule has 2 aromatic rings. The Bertz CT molecular complexity index is 806. The predicted molar refractivity (Wildman–Crippen MR) is 101 cm³/mol. The lowest BCUT2D eigenvalue weighted by Crippen LogP contribution is -2.21. The molecule has 1 heterocycles. The van der Waals surface area contributed by atoms with Gasteiger partial charge in [0, 0.05) is 18.8 Å². The van der Waals surface area contributed by atoms with Crippen LogP contribution < -0.4 is 4.74 Å². The third-order valence-electron chi connectivity index (χ3n) is 5.25. The Labute approximate surface area is 148 Å². The molecule has 1 aliphatic carbocycles. The van der Waals surface area contributed by atoms with Gasteiger partial charge in [-0.3, -0.25) is 0 Å². The zero-order chi connectivity index (χ0) is 17.4. The molecule has 0 spiro atoms. The van der Waals surface area contributed by atoms with E-state index in [1.807, 2.05) is 18.2 Å². The summed E-state index contributed by atoms with van der Waals surface area (Å²) < 4.78 is 11.5. The summed E-state index contributed by atoms with van der Waals surface area (Å²) in [6, 6.07) is 10.4. The number of aryl methyl sites for hydroxylation is 2. The van der Waals surface area contributed by atoms with Gasteiger partial charge in [0.25, 0.3) is 0 Å². The van der Waals surface area contributed by atoms with Crippen LogP contribution in [0, 0.1) is 19.8 Å². The van der Waals surface area contributed by atoms with Crippen LogP contribution in [0.5, 0.6) is 5.75 Å². The molecule has 0 bridgehead atoms. The van der Waals surface area contributed by atoms with Crippen LogP contribution >= 0.6 is 0 Å². The molecule has 0 saturated carbocycles. The van der Waals surface area contributed by atoms with Crippen molar-refractivity contribution in [1.82, 2.24) is 0 Å². The number of aliphatic hydroxyl groups excluding tert-OH is 1. The van der Waals surface area contributed by atoms with Crippen molar-refractivity contribution in [2.45, 2.75) is 26.7 Å². The minimum Gasteiger partial charge on any atom is -0.507 e. The fourth-order valence-electron chi connectivity index (χ4n) is 3.89. The van der Waals surface area contributed by atoms with Crippen molar-refractivity contribution in [2.24, 2.45) is 5.92 Å². The van der Waals surface area contributed by atoms with Gasteiger partial charge in [-0.2, -0.15) is 0 Å². The number of hydrogen-bond acceptors (Lipinski definition) is 3. The van der Waals surface area contributed by atoms with Crippen LogP contribution in [0.1, 0.15) is 35.1 Å². The third kappa shape index (κ3) is 3.05. The molecule has 25 heavy (non-hydrogen) atoms. The highest BCUT2D eigenvalue weighted by Gasteiger charge is 2.22. The highest BCUT2D eigenvalue weighted by Crippen LogP contribution is 2.41. The van der Waals surface area contributed by atoms with E-state index in [4.69, 9.17) is 9.47 Å². The molecule has 0 unspecified atom stereocenters. The van der Waals surface area contributed by atoms with Gasteiger partial charge in [-0.25, -0.2) is 0 Å². The van der Waals surface area contributed by atoms with Crippen molar-refractivity contribution >= 4 is 11.8 Å². The highest BCUT2D eigenvalue weighted by molar-refractivity contribution is 5.99. The molecular formula is C22H24O3. The Morgan fingerprint density at radius 2 is 1.80 bits per heavy atom. The van der Waals surface area contributed by atoms with E-state index in [-0.39, 0.29) is 0 Å². The molecule has 2 aliphatic rings. The van der Waals surface area contributed by atoms with Crippen molar-refractivity contribution < 1.29 is 14.6 Å². The lowest BCUT2D eigenvalue weighted by atomic mass is 9.84. The molecule has 3 heteroatoms. The molecule has 2 aromatic carbocycles. The Morgan fingerprint density at radius 1 is 1.08 bits per heavy atom. The molecule has 1 aliphatic heterocycles. The van der Waals surface area contributed by atoms with Gasteiger partial charge in [0.2, 0.25) is 0 Å². The van der Waals surface area contributed by atoms with Crippen molar-refractivity contribution in [3.05, 3.63) is 52.6 Å². The normalized spacial score (nSPS) is 16.8. The average Bonchev–Trinajstić information content (AvgIpc) is 2.59. The van der Waals surface area contributed by atoms with E-state index in [0.29, 0.717) is 11.7 Å². The second-order valence-electron chi connectivity index (χ2n) is 7.10. The minimum absolute atomic E-state index is 0.379. The molecule has 0 aromatic heterocycles. The van der Waals surface area contributed by atoms with E-state index < -0.39 is 0 Å². The molecule has 0 amide bonds. The molecule has 1 saturated heterocycles. The number of aliphatic hydroxyl groups is 1. The SMILES string of the molecule is Cc1cc(OCC2CCOCC2)cc(C)c1-c1cccc2c1C(O)=C2. The summed E-state index contributed by atoms with van der Waals surface area (Å²) in [5.41, 5.74) is 6.71. The first kappa shape index (κ1) is 16.2. The van der Waals surface area contributed by atoms with E-state index in [0.717, 1.165) is 55.1 Å². The molecule has 3 nitrogen and oxygen atoms in total. The van der Waals surface area contributed by atoms with Gasteiger partial charge < -0.3 is 14.6 Å². The monoisotopic (exact) mass is 336 g/mol. The van der Waals surface area contributed by atoms with Crippen LogP contribution in [0.3, 0.4) is 0 Å². The molecule has 130 valence electrons. The summed E-state index contributed by atoms with van der Waals surface area (Å²) >= 11 is 0. The van der Waals surface area contributed by atoms with Crippen molar-refractivity contribution in [3.63, 3.8) is 0 Å². The Kier molecular flexibility index (Phi) is 4.26. The van der Waals surface area contributed by atoms with Gasteiger partial charge >= 0.3 is 0 Å². The number of benzene rings is 2. The minimum atomic E-state index is 0.379. The van der Waals surface area contributed by atoms with Crippen molar-refractivity contribution in [3.8, 4) is 16.9 Å². The Morgan fingerprint density at radius 3 is 2.48 bits per heavy atom. The summed E-state index contributed by atoms with van der Waals surface area (Å²) in [7, 11) is 0. The predicted octanol–water partition coefficient (Wildman–Crippen LogP) is 5.15. The van der Waals surface area contributed by atoms with Gasteiger partial charge in [0.05, 0.1) is 6.61 Å². The standard InChI is InChI=1S/C22H24O3/c1-14-10-18(25-13-16-6-8-24-9-7-16)11-15(2)21(14)19-5-3-4-17-12-20(23)22(17)19/h3-5,10-12,16,23H,6-9,13H2,1-2H3. The summed E-state index contributed by atoms with van der Waals surface area (Å²) in [6.45, 7) is 6.68. The second-order valence-corrected chi connectivity index (χ2v) is 7.10. The molecule has 1 N–H and O–H groups in total. The van der Waals surface area contributed by atoms with Crippen LogP contribution in [0.25, 0.3) is 23.0 Å². The van der Waals surface area contributed by atoms with Crippen molar-refractivity contribution in [2.75, 3.05) is 19.8 Å². The molecule has 4 rings (SSSR count). The average molecular weight is 336 g/mol. The lowest BCUT2D eigenvalue weighted by molar-refractivity contribution is 0.0497.